The lowest BCUT2D eigenvalue weighted by molar-refractivity contribution is 0.102. The average molecular weight is 427 g/mol. The number of benzene rings is 2. The SMILES string of the molecule is CCOc1ccc2nc(NC(=O)c3cccc(OCc4nsnc4C)c3)sc2c1. The summed E-state index contributed by atoms with van der Waals surface area (Å²) in [6.07, 6.45) is 0. The molecule has 0 atom stereocenters. The summed E-state index contributed by atoms with van der Waals surface area (Å²) in [5.41, 5.74) is 2.96. The number of ether oxygens (including phenoxy) is 2. The molecule has 0 bridgehead atoms. The van der Waals surface area contributed by atoms with Crippen LogP contribution in [-0.2, 0) is 6.61 Å². The van der Waals surface area contributed by atoms with Gasteiger partial charge >= 0.3 is 0 Å². The molecule has 0 aliphatic heterocycles. The molecule has 4 aromatic rings. The van der Waals surface area contributed by atoms with Crippen molar-refractivity contribution in [3.05, 3.63) is 59.4 Å². The Kier molecular flexibility index (Phi) is 5.68. The Balaban J connectivity index is 1.45. The summed E-state index contributed by atoms with van der Waals surface area (Å²) in [6, 6.07) is 12.7. The van der Waals surface area contributed by atoms with Crippen LogP contribution in [0.25, 0.3) is 10.2 Å². The van der Waals surface area contributed by atoms with Crippen molar-refractivity contribution in [3.63, 3.8) is 0 Å². The third kappa shape index (κ3) is 4.52. The highest BCUT2D eigenvalue weighted by Crippen LogP contribution is 2.29. The Morgan fingerprint density at radius 3 is 2.76 bits per heavy atom. The van der Waals surface area contributed by atoms with Gasteiger partial charge in [-0.1, -0.05) is 17.4 Å². The van der Waals surface area contributed by atoms with Gasteiger partial charge in [-0.25, -0.2) is 4.98 Å². The van der Waals surface area contributed by atoms with Crippen molar-refractivity contribution in [2.45, 2.75) is 20.5 Å². The second-order valence-corrected chi connectivity index (χ2v) is 7.71. The minimum absolute atomic E-state index is 0.244. The van der Waals surface area contributed by atoms with Crippen LogP contribution in [0.2, 0.25) is 0 Å². The summed E-state index contributed by atoms with van der Waals surface area (Å²) in [4.78, 5) is 17.1. The minimum atomic E-state index is -0.244. The van der Waals surface area contributed by atoms with Gasteiger partial charge in [-0.15, -0.1) is 0 Å². The second-order valence-electron chi connectivity index (χ2n) is 6.15. The van der Waals surface area contributed by atoms with Gasteiger partial charge < -0.3 is 9.47 Å². The van der Waals surface area contributed by atoms with Gasteiger partial charge in [-0.3, -0.25) is 10.1 Å². The number of amides is 1. The summed E-state index contributed by atoms with van der Waals surface area (Å²) in [6.45, 7) is 4.75. The quantitative estimate of drug-likeness (QED) is 0.461. The first-order chi connectivity index (χ1) is 14.1. The molecular formula is C20H18N4O3S2. The van der Waals surface area contributed by atoms with E-state index in [0.717, 1.165) is 39.1 Å². The van der Waals surface area contributed by atoms with Crippen molar-refractivity contribution in [1.82, 2.24) is 13.7 Å². The molecule has 2 aromatic heterocycles. The Bertz CT molecular complexity index is 1160. The molecule has 0 fully saturated rings. The van der Waals surface area contributed by atoms with Gasteiger partial charge in [0.1, 0.15) is 23.8 Å². The average Bonchev–Trinajstić information content (AvgIpc) is 3.31. The standard InChI is InChI=1S/C20H18N4O3S2/c1-3-26-15-7-8-16-18(10-15)28-20(21-16)22-19(25)13-5-4-6-14(9-13)27-11-17-12(2)23-29-24-17/h4-10H,3,11H2,1-2H3,(H,21,22,25). The van der Waals surface area contributed by atoms with E-state index < -0.39 is 0 Å². The zero-order valence-electron chi connectivity index (χ0n) is 15.8. The highest BCUT2D eigenvalue weighted by Gasteiger charge is 2.12. The molecule has 29 heavy (non-hydrogen) atoms. The zero-order chi connectivity index (χ0) is 20.2. The van der Waals surface area contributed by atoms with Crippen molar-refractivity contribution in [2.75, 3.05) is 11.9 Å². The first-order valence-corrected chi connectivity index (χ1v) is 10.5. The van der Waals surface area contributed by atoms with Crippen LogP contribution in [0.15, 0.2) is 42.5 Å². The van der Waals surface area contributed by atoms with E-state index in [1.165, 1.54) is 11.3 Å². The number of fused-ring (bicyclic) bond motifs is 1. The summed E-state index contributed by atoms with van der Waals surface area (Å²) < 4.78 is 20.5. The molecule has 0 saturated carbocycles. The van der Waals surface area contributed by atoms with Crippen LogP contribution in [0.5, 0.6) is 11.5 Å². The number of nitrogens with one attached hydrogen (secondary N) is 1. The van der Waals surface area contributed by atoms with Crippen molar-refractivity contribution >= 4 is 44.3 Å². The van der Waals surface area contributed by atoms with Crippen LogP contribution in [0.1, 0.15) is 28.7 Å². The fourth-order valence-electron chi connectivity index (χ4n) is 2.64. The first-order valence-electron chi connectivity index (χ1n) is 8.98. The highest BCUT2D eigenvalue weighted by atomic mass is 32.1. The summed E-state index contributed by atoms with van der Waals surface area (Å²) >= 11 is 2.56. The maximum atomic E-state index is 12.7. The minimum Gasteiger partial charge on any atom is -0.494 e. The lowest BCUT2D eigenvalue weighted by atomic mass is 10.2. The number of thiazole rings is 1. The van der Waals surface area contributed by atoms with Crippen LogP contribution in [0.4, 0.5) is 5.13 Å². The van der Waals surface area contributed by atoms with Crippen LogP contribution in [0, 0.1) is 6.92 Å². The Morgan fingerprint density at radius 1 is 1.10 bits per heavy atom. The molecule has 1 N–H and O–H groups in total. The van der Waals surface area contributed by atoms with Crippen LogP contribution >= 0.6 is 23.1 Å². The molecule has 4 rings (SSSR count). The monoisotopic (exact) mass is 426 g/mol. The van der Waals surface area contributed by atoms with Crippen LogP contribution in [0.3, 0.4) is 0 Å². The van der Waals surface area contributed by atoms with E-state index in [-0.39, 0.29) is 5.91 Å². The van der Waals surface area contributed by atoms with E-state index in [9.17, 15) is 4.79 Å². The summed E-state index contributed by atoms with van der Waals surface area (Å²) in [7, 11) is 0. The van der Waals surface area contributed by atoms with Crippen molar-refractivity contribution < 1.29 is 14.3 Å². The van der Waals surface area contributed by atoms with E-state index in [2.05, 4.69) is 19.0 Å². The van der Waals surface area contributed by atoms with E-state index in [1.807, 2.05) is 32.0 Å². The molecule has 0 saturated heterocycles. The van der Waals surface area contributed by atoms with Crippen LogP contribution < -0.4 is 14.8 Å². The number of carbonyl (C=O) groups is 1. The summed E-state index contributed by atoms with van der Waals surface area (Å²) in [5, 5.41) is 3.39. The molecule has 9 heteroatoms. The smallest absolute Gasteiger partial charge is 0.257 e. The second kappa shape index (κ2) is 8.54. The van der Waals surface area contributed by atoms with E-state index >= 15 is 0 Å². The Hall–Kier alpha value is -3.04. The molecule has 0 aliphatic rings. The number of aromatic nitrogens is 3. The van der Waals surface area contributed by atoms with Gasteiger partial charge in [0.15, 0.2) is 5.13 Å². The largest absolute Gasteiger partial charge is 0.494 e. The van der Waals surface area contributed by atoms with Crippen molar-refractivity contribution in [3.8, 4) is 11.5 Å². The lowest BCUT2D eigenvalue weighted by Crippen LogP contribution is -2.11. The fraction of sp³-hybridized carbons (Fsp3) is 0.200. The van der Waals surface area contributed by atoms with Gasteiger partial charge in [0, 0.05) is 5.56 Å². The third-order valence-corrected chi connectivity index (χ3v) is 5.70. The van der Waals surface area contributed by atoms with Gasteiger partial charge in [0.25, 0.3) is 5.91 Å². The third-order valence-electron chi connectivity index (χ3n) is 4.11. The number of aryl methyl sites for hydroxylation is 1. The summed E-state index contributed by atoms with van der Waals surface area (Å²) in [5.74, 6) is 1.14. The Labute approximate surface area is 175 Å². The zero-order valence-corrected chi connectivity index (χ0v) is 17.5. The molecule has 2 heterocycles. The topological polar surface area (TPSA) is 86.2 Å². The van der Waals surface area contributed by atoms with E-state index in [4.69, 9.17) is 9.47 Å². The fourth-order valence-corrected chi connectivity index (χ4v) is 4.08. The van der Waals surface area contributed by atoms with E-state index in [0.29, 0.717) is 29.7 Å². The number of hydrogen-bond donors (Lipinski definition) is 1. The highest BCUT2D eigenvalue weighted by molar-refractivity contribution is 7.22. The lowest BCUT2D eigenvalue weighted by Gasteiger charge is -2.07. The number of anilines is 1. The molecular weight excluding hydrogens is 408 g/mol. The molecule has 148 valence electrons. The predicted octanol–water partition coefficient (Wildman–Crippen LogP) is 4.69. The van der Waals surface area contributed by atoms with Crippen molar-refractivity contribution in [1.29, 1.82) is 0 Å². The molecule has 1 amide bonds. The van der Waals surface area contributed by atoms with Crippen molar-refractivity contribution in [2.24, 2.45) is 0 Å². The predicted molar refractivity (Wildman–Crippen MR) is 114 cm³/mol. The molecule has 0 radical (unpaired) electrons. The molecule has 0 aliphatic carbocycles. The number of nitrogens with zero attached hydrogens (tertiary/aromatic N) is 3. The molecule has 2 aromatic carbocycles. The molecule has 0 unspecified atom stereocenters. The Morgan fingerprint density at radius 2 is 1.97 bits per heavy atom. The number of carbonyl (C=O) groups excluding carboxylic acids is 1. The molecule has 7 nitrogen and oxygen atoms in total. The normalized spacial score (nSPS) is 10.8. The van der Waals surface area contributed by atoms with Gasteiger partial charge in [-0.2, -0.15) is 8.75 Å². The maximum absolute atomic E-state index is 12.7. The van der Waals surface area contributed by atoms with E-state index in [1.54, 1.807) is 24.3 Å². The molecule has 0 spiro atoms. The van der Waals surface area contributed by atoms with Gasteiger partial charge in [0.05, 0.1) is 34.2 Å². The first kappa shape index (κ1) is 19.3. The van der Waals surface area contributed by atoms with Crippen LogP contribution in [-0.4, -0.2) is 26.2 Å². The van der Waals surface area contributed by atoms with Gasteiger partial charge in [-0.05, 0) is 50.2 Å². The number of hydrogen-bond acceptors (Lipinski definition) is 8. The van der Waals surface area contributed by atoms with Gasteiger partial charge in [0.2, 0.25) is 0 Å². The maximum Gasteiger partial charge on any atom is 0.257 e. The number of rotatable bonds is 7.